The third kappa shape index (κ3) is 1.98. The summed E-state index contributed by atoms with van der Waals surface area (Å²) in [7, 11) is -1.77. The average molecular weight is 260 g/mol. The first-order valence-electron chi connectivity index (χ1n) is 6.64. The molecule has 0 saturated carbocycles. The van der Waals surface area contributed by atoms with E-state index in [0.717, 1.165) is 6.42 Å². The topological polar surface area (TPSA) is 9.23 Å². The van der Waals surface area contributed by atoms with Crippen molar-refractivity contribution in [3.63, 3.8) is 0 Å². The Bertz CT molecular complexity index is 470. The molecule has 2 rings (SSSR count). The fourth-order valence-corrected chi connectivity index (χ4v) is 3.76. The molecule has 0 aromatic heterocycles. The Kier molecular flexibility index (Phi) is 3.07. The van der Waals surface area contributed by atoms with Crippen LogP contribution in [0.25, 0.3) is 0 Å². The van der Waals surface area contributed by atoms with Crippen molar-refractivity contribution in [2.45, 2.75) is 50.9 Å². The molecule has 1 aromatic carbocycles. The molecule has 1 aliphatic rings. The normalized spacial score (nSPS) is 23.2. The first kappa shape index (κ1) is 13.6. The maximum absolute atomic E-state index is 6.62. The highest BCUT2D eigenvalue weighted by Crippen LogP contribution is 2.49. The molecule has 0 aliphatic heterocycles. The molecule has 2 heteroatoms. The predicted octanol–water partition coefficient (Wildman–Crippen LogP) is 4.65. The quantitative estimate of drug-likeness (QED) is 0.568. The lowest BCUT2D eigenvalue weighted by atomic mass is 9.74. The summed E-state index contributed by atoms with van der Waals surface area (Å²) >= 11 is 0. The van der Waals surface area contributed by atoms with Crippen molar-refractivity contribution in [2.24, 2.45) is 0 Å². The summed E-state index contributed by atoms with van der Waals surface area (Å²) < 4.78 is 6.62. The molecule has 18 heavy (non-hydrogen) atoms. The fourth-order valence-electron chi connectivity index (χ4n) is 2.28. The van der Waals surface area contributed by atoms with Crippen molar-refractivity contribution in [3.05, 3.63) is 48.0 Å². The number of fused-ring (bicyclic) bond motifs is 1. The lowest BCUT2D eigenvalue weighted by Gasteiger charge is -2.49. The smallest absolute Gasteiger partial charge is 0.193 e. The largest absolute Gasteiger partial charge is 0.404 e. The van der Waals surface area contributed by atoms with Gasteiger partial charge in [-0.1, -0.05) is 57.7 Å². The monoisotopic (exact) mass is 260 g/mol. The van der Waals surface area contributed by atoms with E-state index in [2.05, 4.69) is 64.7 Å². The second-order valence-corrected chi connectivity index (χ2v) is 11.5. The van der Waals surface area contributed by atoms with Gasteiger partial charge in [-0.25, -0.2) is 0 Å². The highest BCUT2D eigenvalue weighted by Gasteiger charge is 2.48. The zero-order valence-electron chi connectivity index (χ0n) is 12.2. The number of benzene rings is 1. The molecule has 1 nitrogen and oxygen atoms in total. The van der Waals surface area contributed by atoms with Crippen LogP contribution in [0.5, 0.6) is 0 Å². The van der Waals surface area contributed by atoms with Crippen LogP contribution >= 0.6 is 0 Å². The summed E-state index contributed by atoms with van der Waals surface area (Å²) in [5, 5.41) is 0.230. The van der Waals surface area contributed by atoms with Crippen LogP contribution in [0.1, 0.15) is 31.9 Å². The molecule has 0 bridgehead atoms. The van der Waals surface area contributed by atoms with Crippen LogP contribution in [0.2, 0.25) is 18.1 Å². The van der Waals surface area contributed by atoms with E-state index in [-0.39, 0.29) is 10.6 Å². The van der Waals surface area contributed by atoms with Crippen molar-refractivity contribution >= 4 is 8.32 Å². The molecule has 0 radical (unpaired) electrons. The van der Waals surface area contributed by atoms with E-state index in [4.69, 9.17) is 4.43 Å². The van der Waals surface area contributed by atoms with Crippen molar-refractivity contribution in [3.8, 4) is 0 Å². The summed E-state index contributed by atoms with van der Waals surface area (Å²) in [4.78, 5) is 0. The van der Waals surface area contributed by atoms with Gasteiger partial charge in [0.25, 0.3) is 0 Å². The molecule has 0 N–H and O–H groups in total. The van der Waals surface area contributed by atoms with Gasteiger partial charge in [0.2, 0.25) is 0 Å². The van der Waals surface area contributed by atoms with E-state index in [1.807, 2.05) is 6.08 Å². The summed E-state index contributed by atoms with van der Waals surface area (Å²) in [5.74, 6) is 0. The average Bonchev–Trinajstić information content (AvgIpc) is 2.24. The Labute approximate surface area is 112 Å². The first-order chi connectivity index (χ1) is 8.22. The molecular formula is C16H24OSi. The van der Waals surface area contributed by atoms with Gasteiger partial charge in [0.05, 0.1) is 0 Å². The lowest BCUT2D eigenvalue weighted by molar-refractivity contribution is 0.0770. The highest BCUT2D eigenvalue weighted by atomic mass is 28.4. The number of hydrogen-bond donors (Lipinski definition) is 0. The van der Waals surface area contributed by atoms with Crippen molar-refractivity contribution < 1.29 is 4.43 Å². The third-order valence-corrected chi connectivity index (χ3v) is 8.99. The molecule has 1 aliphatic carbocycles. The molecule has 98 valence electrons. The van der Waals surface area contributed by atoms with Crippen LogP contribution in [0.4, 0.5) is 0 Å². The zero-order chi connectivity index (χ0) is 13.6. The van der Waals surface area contributed by atoms with Gasteiger partial charge >= 0.3 is 0 Å². The molecule has 1 aromatic rings. The SMILES string of the molecule is C=CC1(O[Si](C)(C)C(C)(C)C)Cc2ccccc21. The van der Waals surface area contributed by atoms with E-state index in [0.29, 0.717) is 0 Å². The van der Waals surface area contributed by atoms with Crippen molar-refractivity contribution in [2.75, 3.05) is 0 Å². The minimum atomic E-state index is -1.77. The van der Waals surface area contributed by atoms with Gasteiger partial charge in [-0.2, -0.15) is 0 Å². The Balaban J connectivity index is 2.32. The van der Waals surface area contributed by atoms with Gasteiger partial charge < -0.3 is 4.43 Å². The third-order valence-electron chi connectivity index (χ3n) is 4.50. The van der Waals surface area contributed by atoms with Crippen LogP contribution in [0.15, 0.2) is 36.9 Å². The van der Waals surface area contributed by atoms with E-state index in [1.54, 1.807) is 0 Å². The van der Waals surface area contributed by atoms with Gasteiger partial charge in [-0.15, -0.1) is 0 Å². The maximum Gasteiger partial charge on any atom is 0.193 e. The summed E-state index contributed by atoms with van der Waals surface area (Å²) in [6, 6.07) is 8.54. The van der Waals surface area contributed by atoms with Gasteiger partial charge in [-0.3, -0.25) is 0 Å². The van der Waals surface area contributed by atoms with E-state index in [1.165, 1.54) is 11.1 Å². The highest BCUT2D eigenvalue weighted by molar-refractivity contribution is 6.74. The molecular weight excluding hydrogens is 236 g/mol. The van der Waals surface area contributed by atoms with Crippen molar-refractivity contribution in [1.29, 1.82) is 0 Å². The van der Waals surface area contributed by atoms with Crippen LogP contribution in [0, 0.1) is 0 Å². The van der Waals surface area contributed by atoms with Crippen LogP contribution < -0.4 is 0 Å². The molecule has 0 amide bonds. The molecule has 0 saturated heterocycles. The van der Waals surface area contributed by atoms with Gasteiger partial charge in [0, 0.05) is 6.42 Å². The second kappa shape index (κ2) is 4.07. The zero-order valence-corrected chi connectivity index (χ0v) is 13.2. The number of hydrogen-bond acceptors (Lipinski definition) is 1. The van der Waals surface area contributed by atoms with E-state index >= 15 is 0 Å². The Morgan fingerprint density at radius 2 is 1.89 bits per heavy atom. The molecule has 1 unspecified atom stereocenters. The second-order valence-electron chi connectivity index (χ2n) is 6.79. The summed E-state index contributed by atoms with van der Waals surface area (Å²) in [6.45, 7) is 15.5. The molecule has 0 spiro atoms. The van der Waals surface area contributed by atoms with Crippen LogP contribution in [0.3, 0.4) is 0 Å². The standard InChI is InChI=1S/C16H24OSi/c1-7-16(17-18(5,6)15(2,3)4)12-13-10-8-9-11-14(13)16/h7-11H,1,12H2,2-6H3. The van der Waals surface area contributed by atoms with E-state index in [9.17, 15) is 0 Å². The van der Waals surface area contributed by atoms with Gasteiger partial charge in [0.15, 0.2) is 8.32 Å². The molecule has 1 atom stereocenters. The lowest BCUT2D eigenvalue weighted by Crippen LogP contribution is -2.52. The summed E-state index contributed by atoms with van der Waals surface area (Å²) in [5.41, 5.74) is 2.47. The Morgan fingerprint density at radius 1 is 1.28 bits per heavy atom. The van der Waals surface area contributed by atoms with Crippen LogP contribution in [-0.4, -0.2) is 8.32 Å². The first-order valence-corrected chi connectivity index (χ1v) is 9.55. The predicted molar refractivity (Wildman–Crippen MR) is 80.3 cm³/mol. The minimum absolute atomic E-state index is 0.230. The van der Waals surface area contributed by atoms with Crippen molar-refractivity contribution in [1.82, 2.24) is 0 Å². The minimum Gasteiger partial charge on any atom is -0.404 e. The number of rotatable bonds is 3. The molecule has 0 heterocycles. The Hall–Kier alpha value is -0.863. The fraction of sp³-hybridized carbons (Fsp3) is 0.500. The molecule has 0 fully saturated rings. The summed E-state index contributed by atoms with van der Waals surface area (Å²) in [6.07, 6.45) is 2.97. The maximum atomic E-state index is 6.62. The Morgan fingerprint density at radius 3 is 2.39 bits per heavy atom. The van der Waals surface area contributed by atoms with Gasteiger partial charge in [0.1, 0.15) is 5.60 Å². The van der Waals surface area contributed by atoms with E-state index < -0.39 is 8.32 Å². The van der Waals surface area contributed by atoms with Gasteiger partial charge in [-0.05, 0) is 29.3 Å². The van der Waals surface area contributed by atoms with Crippen LogP contribution in [-0.2, 0) is 16.4 Å².